The smallest absolute Gasteiger partial charge is 0.153 e. The van der Waals surface area contributed by atoms with Crippen LogP contribution in [0, 0.1) is 0 Å². The van der Waals surface area contributed by atoms with E-state index in [1.165, 1.54) is 36.8 Å². The topological polar surface area (TPSA) is 53.6 Å². The first-order valence-electron chi connectivity index (χ1n) is 7.62. The lowest BCUT2D eigenvalue weighted by atomic mass is 9.95. The molecule has 104 valence electrons. The predicted molar refractivity (Wildman–Crippen MR) is 77.3 cm³/mol. The van der Waals surface area contributed by atoms with E-state index in [-0.39, 0.29) is 6.04 Å². The molecule has 2 aliphatic rings. The van der Waals surface area contributed by atoms with E-state index in [0.29, 0.717) is 5.92 Å². The number of aromatic nitrogens is 3. The highest BCUT2D eigenvalue weighted by atomic mass is 15.2. The molecule has 0 saturated heterocycles. The lowest BCUT2D eigenvalue weighted by Gasteiger charge is -2.24. The number of benzene rings is 1. The van der Waals surface area contributed by atoms with Gasteiger partial charge in [-0.1, -0.05) is 37.1 Å². The van der Waals surface area contributed by atoms with Crippen molar-refractivity contribution in [1.82, 2.24) is 20.5 Å². The average Bonchev–Trinajstić information content (AvgIpc) is 3.17. The second kappa shape index (κ2) is 5.02. The van der Waals surface area contributed by atoms with Crippen LogP contribution in [0.4, 0.5) is 0 Å². The summed E-state index contributed by atoms with van der Waals surface area (Å²) in [6.07, 6.45) is 6.14. The highest BCUT2D eigenvalue weighted by molar-refractivity contribution is 5.30. The molecule has 0 unspecified atom stereocenters. The van der Waals surface area contributed by atoms with Crippen molar-refractivity contribution < 1.29 is 0 Å². The monoisotopic (exact) mass is 268 g/mol. The van der Waals surface area contributed by atoms with Crippen LogP contribution in [-0.2, 0) is 13.0 Å². The van der Waals surface area contributed by atoms with Crippen LogP contribution < -0.4 is 5.32 Å². The van der Waals surface area contributed by atoms with Gasteiger partial charge in [-0.05, 0) is 30.4 Å². The molecule has 1 fully saturated rings. The van der Waals surface area contributed by atoms with E-state index < -0.39 is 0 Å². The van der Waals surface area contributed by atoms with Crippen LogP contribution in [0.1, 0.15) is 60.4 Å². The molecule has 4 heteroatoms. The Morgan fingerprint density at radius 2 is 1.85 bits per heavy atom. The quantitative estimate of drug-likeness (QED) is 0.880. The third-order valence-electron chi connectivity index (χ3n) is 4.65. The third-order valence-corrected chi connectivity index (χ3v) is 4.65. The Kier molecular flexibility index (Phi) is 3.03. The molecule has 2 aromatic rings. The van der Waals surface area contributed by atoms with Gasteiger partial charge in [-0.3, -0.25) is 5.10 Å². The molecule has 1 saturated carbocycles. The summed E-state index contributed by atoms with van der Waals surface area (Å²) in [5, 5.41) is 11.2. The fourth-order valence-electron chi connectivity index (χ4n) is 3.46. The van der Waals surface area contributed by atoms with E-state index in [1.54, 1.807) is 0 Å². The van der Waals surface area contributed by atoms with Gasteiger partial charge in [0.1, 0.15) is 5.82 Å². The molecule has 1 aliphatic heterocycles. The van der Waals surface area contributed by atoms with Gasteiger partial charge in [0.15, 0.2) is 5.82 Å². The highest BCUT2D eigenvalue weighted by Gasteiger charge is 2.25. The van der Waals surface area contributed by atoms with E-state index in [2.05, 4.69) is 39.8 Å². The molecule has 1 aliphatic carbocycles. The Labute approximate surface area is 119 Å². The van der Waals surface area contributed by atoms with Gasteiger partial charge >= 0.3 is 0 Å². The molecule has 0 bridgehead atoms. The number of aromatic amines is 1. The van der Waals surface area contributed by atoms with Gasteiger partial charge in [-0.2, -0.15) is 5.10 Å². The average molecular weight is 268 g/mol. The Morgan fingerprint density at radius 3 is 2.70 bits per heavy atom. The molecule has 20 heavy (non-hydrogen) atoms. The number of nitrogens with one attached hydrogen (secondary N) is 2. The van der Waals surface area contributed by atoms with Gasteiger partial charge in [0.2, 0.25) is 0 Å². The Morgan fingerprint density at radius 1 is 1.05 bits per heavy atom. The number of fused-ring (bicyclic) bond motifs is 1. The van der Waals surface area contributed by atoms with Crippen molar-refractivity contribution in [2.45, 2.75) is 50.6 Å². The normalized spacial score (nSPS) is 22.9. The van der Waals surface area contributed by atoms with Crippen LogP contribution in [0.25, 0.3) is 0 Å². The number of nitrogens with zero attached hydrogens (tertiary/aromatic N) is 2. The molecule has 0 amide bonds. The maximum absolute atomic E-state index is 4.76. The van der Waals surface area contributed by atoms with E-state index in [9.17, 15) is 0 Å². The Balaban J connectivity index is 1.54. The molecule has 0 radical (unpaired) electrons. The van der Waals surface area contributed by atoms with Crippen LogP contribution >= 0.6 is 0 Å². The first kappa shape index (κ1) is 12.1. The van der Waals surface area contributed by atoms with Crippen molar-refractivity contribution in [3.05, 3.63) is 47.0 Å². The van der Waals surface area contributed by atoms with Crippen molar-refractivity contribution in [2.75, 3.05) is 0 Å². The van der Waals surface area contributed by atoms with Crippen molar-refractivity contribution in [2.24, 2.45) is 0 Å². The summed E-state index contributed by atoms with van der Waals surface area (Å²) in [6.45, 7) is 0.917. The minimum absolute atomic E-state index is 0.271. The van der Waals surface area contributed by atoms with E-state index in [4.69, 9.17) is 4.98 Å². The van der Waals surface area contributed by atoms with Gasteiger partial charge in [0, 0.05) is 12.5 Å². The van der Waals surface area contributed by atoms with E-state index >= 15 is 0 Å². The molecule has 4 rings (SSSR count). The molecule has 1 aromatic carbocycles. The number of hydrogen-bond acceptors (Lipinski definition) is 3. The summed E-state index contributed by atoms with van der Waals surface area (Å²) in [6, 6.07) is 8.91. The molecular weight excluding hydrogens is 248 g/mol. The van der Waals surface area contributed by atoms with E-state index in [0.717, 1.165) is 24.6 Å². The molecule has 1 atom stereocenters. The molecule has 1 aromatic heterocycles. The minimum Gasteiger partial charge on any atom is -0.303 e. The summed E-state index contributed by atoms with van der Waals surface area (Å²) in [5.41, 5.74) is 2.83. The number of rotatable bonds is 2. The summed E-state index contributed by atoms with van der Waals surface area (Å²) in [5.74, 6) is 2.61. The standard InChI is InChI=1S/C16H20N4/c1-2-6-11(5-1)15-18-16(20-19-15)14-9-12-7-3-4-8-13(12)10-17-14/h3-4,7-8,11,14,17H,1-2,5-6,9-10H2,(H,18,19,20)/t14-/m1/s1. The van der Waals surface area contributed by atoms with Gasteiger partial charge in [0.25, 0.3) is 0 Å². The minimum atomic E-state index is 0.271. The summed E-state index contributed by atoms with van der Waals surface area (Å²) >= 11 is 0. The van der Waals surface area contributed by atoms with Gasteiger partial charge in [0.05, 0.1) is 6.04 Å². The maximum Gasteiger partial charge on any atom is 0.153 e. The first-order valence-corrected chi connectivity index (χ1v) is 7.62. The van der Waals surface area contributed by atoms with Crippen molar-refractivity contribution in [3.8, 4) is 0 Å². The SMILES string of the molecule is c1ccc2c(c1)CN[C@@H](c1nc(C3CCCC3)n[nH]1)C2. The van der Waals surface area contributed by atoms with Crippen molar-refractivity contribution in [3.63, 3.8) is 0 Å². The molecule has 2 heterocycles. The zero-order valence-corrected chi connectivity index (χ0v) is 11.6. The van der Waals surface area contributed by atoms with Crippen LogP contribution in [-0.4, -0.2) is 15.2 Å². The third kappa shape index (κ3) is 2.14. The largest absolute Gasteiger partial charge is 0.303 e. The van der Waals surface area contributed by atoms with Gasteiger partial charge in [-0.25, -0.2) is 4.98 Å². The number of hydrogen-bond donors (Lipinski definition) is 2. The zero-order chi connectivity index (χ0) is 13.4. The summed E-state index contributed by atoms with van der Waals surface area (Å²) in [4.78, 5) is 4.76. The lowest BCUT2D eigenvalue weighted by Crippen LogP contribution is -2.29. The maximum atomic E-state index is 4.76. The van der Waals surface area contributed by atoms with Crippen LogP contribution in [0.2, 0.25) is 0 Å². The zero-order valence-electron chi connectivity index (χ0n) is 11.6. The van der Waals surface area contributed by atoms with E-state index in [1.807, 2.05) is 0 Å². The molecule has 2 N–H and O–H groups in total. The molecular formula is C16H20N4. The first-order chi connectivity index (χ1) is 9.90. The summed E-state index contributed by atoms with van der Waals surface area (Å²) in [7, 11) is 0. The highest BCUT2D eigenvalue weighted by Crippen LogP contribution is 2.32. The fourth-order valence-corrected chi connectivity index (χ4v) is 3.46. The van der Waals surface area contributed by atoms with Crippen molar-refractivity contribution in [1.29, 1.82) is 0 Å². The van der Waals surface area contributed by atoms with Gasteiger partial charge in [-0.15, -0.1) is 0 Å². The summed E-state index contributed by atoms with van der Waals surface area (Å²) < 4.78 is 0. The number of H-pyrrole nitrogens is 1. The Hall–Kier alpha value is -1.68. The predicted octanol–water partition coefficient (Wildman–Crippen LogP) is 2.85. The lowest BCUT2D eigenvalue weighted by molar-refractivity contribution is 0.477. The second-order valence-corrected chi connectivity index (χ2v) is 5.97. The van der Waals surface area contributed by atoms with Crippen molar-refractivity contribution >= 4 is 0 Å². The van der Waals surface area contributed by atoms with Crippen LogP contribution in [0.15, 0.2) is 24.3 Å². The molecule has 0 spiro atoms. The Bertz CT molecular complexity index is 598. The fraction of sp³-hybridized carbons (Fsp3) is 0.500. The second-order valence-electron chi connectivity index (χ2n) is 5.97. The van der Waals surface area contributed by atoms with Gasteiger partial charge < -0.3 is 5.32 Å². The van der Waals surface area contributed by atoms with Crippen LogP contribution in [0.3, 0.4) is 0 Å². The van der Waals surface area contributed by atoms with Crippen LogP contribution in [0.5, 0.6) is 0 Å². The molecule has 4 nitrogen and oxygen atoms in total.